The molecule has 1 saturated heterocycles. The molecule has 0 aliphatic carbocycles. The number of rotatable bonds is 4. The normalized spacial score (nSPS) is 15.8. The predicted octanol–water partition coefficient (Wildman–Crippen LogP) is 4.70. The van der Waals surface area contributed by atoms with Gasteiger partial charge in [-0.05, 0) is 55.8 Å². The first kappa shape index (κ1) is 17.1. The molecule has 2 aromatic carbocycles. The average Bonchev–Trinajstić information content (AvgIpc) is 3.24. The third-order valence-electron chi connectivity index (χ3n) is 4.92. The van der Waals surface area contributed by atoms with E-state index in [9.17, 15) is 13.2 Å². The maximum absolute atomic E-state index is 12.8. The summed E-state index contributed by atoms with van der Waals surface area (Å²) >= 11 is 0. The highest BCUT2D eigenvalue weighted by molar-refractivity contribution is 5.76. The summed E-state index contributed by atoms with van der Waals surface area (Å²) in [5, 5.41) is 0. The van der Waals surface area contributed by atoms with Crippen molar-refractivity contribution < 1.29 is 13.2 Å². The minimum atomic E-state index is -4.30. The molecule has 0 atom stereocenters. The van der Waals surface area contributed by atoms with Crippen LogP contribution in [0.25, 0.3) is 11.0 Å². The quantitative estimate of drug-likeness (QED) is 0.673. The number of aromatic nitrogens is 2. The third-order valence-corrected chi connectivity index (χ3v) is 4.92. The van der Waals surface area contributed by atoms with Crippen molar-refractivity contribution in [1.82, 2.24) is 14.5 Å². The van der Waals surface area contributed by atoms with Gasteiger partial charge < -0.3 is 4.57 Å². The summed E-state index contributed by atoms with van der Waals surface area (Å²) in [5.41, 5.74) is 2.16. The fraction of sp³-hybridized carbons (Fsp3) is 0.350. The zero-order chi connectivity index (χ0) is 18.1. The third kappa shape index (κ3) is 3.46. The van der Waals surface area contributed by atoms with Crippen LogP contribution in [-0.2, 0) is 19.3 Å². The maximum Gasteiger partial charge on any atom is 0.416 e. The van der Waals surface area contributed by atoms with Gasteiger partial charge in [-0.15, -0.1) is 0 Å². The van der Waals surface area contributed by atoms with Crippen LogP contribution in [0, 0.1) is 0 Å². The number of imidazole rings is 1. The fourth-order valence-electron chi connectivity index (χ4n) is 3.54. The lowest BCUT2D eigenvalue weighted by atomic mass is 10.1. The van der Waals surface area contributed by atoms with Gasteiger partial charge in [-0.1, -0.05) is 24.3 Å². The highest BCUT2D eigenvalue weighted by Crippen LogP contribution is 2.29. The van der Waals surface area contributed by atoms with Crippen molar-refractivity contribution in [3.63, 3.8) is 0 Å². The van der Waals surface area contributed by atoms with Gasteiger partial charge in [-0.2, -0.15) is 13.2 Å². The molecule has 3 nitrogen and oxygen atoms in total. The summed E-state index contributed by atoms with van der Waals surface area (Å²) in [6.07, 6.45) is -1.89. The van der Waals surface area contributed by atoms with Gasteiger partial charge in [0.1, 0.15) is 5.82 Å². The van der Waals surface area contributed by atoms with Crippen LogP contribution in [-0.4, -0.2) is 27.5 Å². The second-order valence-corrected chi connectivity index (χ2v) is 6.78. The first-order valence-electron chi connectivity index (χ1n) is 8.83. The molecule has 6 heteroatoms. The Kier molecular flexibility index (Phi) is 4.44. The highest BCUT2D eigenvalue weighted by Gasteiger charge is 2.30. The number of halogens is 3. The van der Waals surface area contributed by atoms with Crippen LogP contribution in [0.15, 0.2) is 48.5 Å². The Morgan fingerprint density at radius 3 is 2.27 bits per heavy atom. The summed E-state index contributed by atoms with van der Waals surface area (Å²) in [7, 11) is 0. The maximum atomic E-state index is 12.8. The second-order valence-electron chi connectivity index (χ2n) is 6.78. The SMILES string of the molecule is FC(F)(F)c1ccc(Cn2c(CN3CCCC3)nc3ccccc32)cc1. The average molecular weight is 359 g/mol. The molecule has 1 aliphatic rings. The standard InChI is InChI=1S/C20H20F3N3/c21-20(22,23)16-9-7-15(8-10-16)13-26-18-6-2-1-5-17(18)24-19(26)14-25-11-3-4-12-25/h1-2,5-10H,3-4,11-14H2. The molecule has 136 valence electrons. The lowest BCUT2D eigenvalue weighted by molar-refractivity contribution is -0.137. The van der Waals surface area contributed by atoms with Crippen molar-refractivity contribution in [2.45, 2.75) is 32.1 Å². The summed E-state index contributed by atoms with van der Waals surface area (Å²) in [6.45, 7) is 3.43. The molecule has 0 N–H and O–H groups in total. The second kappa shape index (κ2) is 6.76. The Morgan fingerprint density at radius 2 is 1.58 bits per heavy atom. The number of likely N-dealkylation sites (tertiary alicyclic amines) is 1. The number of fused-ring (bicyclic) bond motifs is 1. The van der Waals surface area contributed by atoms with E-state index in [0.717, 1.165) is 54.2 Å². The van der Waals surface area contributed by atoms with E-state index < -0.39 is 11.7 Å². The van der Waals surface area contributed by atoms with Crippen molar-refractivity contribution in [1.29, 1.82) is 0 Å². The summed E-state index contributed by atoms with van der Waals surface area (Å²) < 4.78 is 40.4. The molecule has 0 spiro atoms. The van der Waals surface area contributed by atoms with Crippen LogP contribution < -0.4 is 0 Å². The van der Waals surface area contributed by atoms with Gasteiger partial charge in [-0.25, -0.2) is 4.98 Å². The minimum Gasteiger partial charge on any atom is -0.322 e. The van der Waals surface area contributed by atoms with Gasteiger partial charge in [0.2, 0.25) is 0 Å². The van der Waals surface area contributed by atoms with E-state index in [1.54, 1.807) is 12.1 Å². The van der Waals surface area contributed by atoms with Crippen LogP contribution in [0.4, 0.5) is 13.2 Å². The Balaban J connectivity index is 1.65. The number of nitrogens with zero attached hydrogens (tertiary/aromatic N) is 3. The molecule has 0 radical (unpaired) electrons. The van der Waals surface area contributed by atoms with E-state index in [1.807, 2.05) is 24.3 Å². The van der Waals surface area contributed by atoms with Crippen LogP contribution in [0.5, 0.6) is 0 Å². The van der Waals surface area contributed by atoms with E-state index in [1.165, 1.54) is 12.8 Å². The van der Waals surface area contributed by atoms with Crippen molar-refractivity contribution in [3.8, 4) is 0 Å². The monoisotopic (exact) mass is 359 g/mol. The smallest absolute Gasteiger partial charge is 0.322 e. The molecule has 1 aromatic heterocycles. The van der Waals surface area contributed by atoms with Crippen LogP contribution in [0.2, 0.25) is 0 Å². The molecule has 0 unspecified atom stereocenters. The molecule has 1 fully saturated rings. The fourth-order valence-corrected chi connectivity index (χ4v) is 3.54. The Bertz CT molecular complexity index is 891. The van der Waals surface area contributed by atoms with Crippen molar-refractivity contribution in [3.05, 3.63) is 65.5 Å². The number of benzene rings is 2. The van der Waals surface area contributed by atoms with Gasteiger partial charge in [0, 0.05) is 6.54 Å². The number of hydrogen-bond donors (Lipinski definition) is 0. The molecule has 3 aromatic rings. The summed E-state index contributed by atoms with van der Waals surface area (Å²) in [6, 6.07) is 13.3. The minimum absolute atomic E-state index is 0.516. The molecule has 26 heavy (non-hydrogen) atoms. The topological polar surface area (TPSA) is 21.1 Å². The first-order chi connectivity index (χ1) is 12.5. The van der Waals surface area contributed by atoms with Crippen LogP contribution in [0.1, 0.15) is 29.8 Å². The zero-order valence-corrected chi connectivity index (χ0v) is 14.3. The predicted molar refractivity (Wildman–Crippen MR) is 94.8 cm³/mol. The zero-order valence-electron chi connectivity index (χ0n) is 14.3. The van der Waals surface area contributed by atoms with Crippen molar-refractivity contribution in [2.24, 2.45) is 0 Å². The largest absolute Gasteiger partial charge is 0.416 e. The van der Waals surface area contributed by atoms with Crippen molar-refractivity contribution in [2.75, 3.05) is 13.1 Å². The van der Waals surface area contributed by atoms with Gasteiger partial charge in [0.05, 0.1) is 23.1 Å². The molecule has 0 bridgehead atoms. The Hall–Kier alpha value is -2.34. The van der Waals surface area contributed by atoms with Gasteiger partial charge in [0.15, 0.2) is 0 Å². The van der Waals surface area contributed by atoms with Crippen LogP contribution in [0.3, 0.4) is 0 Å². The molecule has 1 aliphatic heterocycles. The Labute approximate surface area is 150 Å². The number of para-hydroxylation sites is 2. The highest BCUT2D eigenvalue weighted by atomic mass is 19.4. The van der Waals surface area contributed by atoms with Gasteiger partial charge >= 0.3 is 6.18 Å². The number of alkyl halides is 3. The number of hydrogen-bond acceptors (Lipinski definition) is 2. The lowest BCUT2D eigenvalue weighted by Gasteiger charge is -2.16. The van der Waals surface area contributed by atoms with Gasteiger partial charge in [0.25, 0.3) is 0 Å². The molecular formula is C20H20F3N3. The molecule has 2 heterocycles. The molecule has 0 saturated carbocycles. The van der Waals surface area contributed by atoms with Crippen LogP contribution >= 0.6 is 0 Å². The summed E-state index contributed by atoms with van der Waals surface area (Å²) in [5.74, 6) is 0.966. The van der Waals surface area contributed by atoms with E-state index in [0.29, 0.717) is 6.54 Å². The molecule has 0 amide bonds. The van der Waals surface area contributed by atoms with E-state index in [2.05, 4.69) is 9.47 Å². The molecular weight excluding hydrogens is 339 g/mol. The first-order valence-corrected chi connectivity index (χ1v) is 8.83. The lowest BCUT2D eigenvalue weighted by Crippen LogP contribution is -2.21. The summed E-state index contributed by atoms with van der Waals surface area (Å²) in [4.78, 5) is 7.15. The van der Waals surface area contributed by atoms with Gasteiger partial charge in [-0.3, -0.25) is 4.90 Å². The van der Waals surface area contributed by atoms with E-state index >= 15 is 0 Å². The Morgan fingerprint density at radius 1 is 0.885 bits per heavy atom. The van der Waals surface area contributed by atoms with E-state index in [-0.39, 0.29) is 0 Å². The molecule has 4 rings (SSSR count). The van der Waals surface area contributed by atoms with Crippen molar-refractivity contribution >= 4 is 11.0 Å². The van der Waals surface area contributed by atoms with E-state index in [4.69, 9.17) is 4.98 Å².